The standard InChI is InChI=1S/C13H25N3O2/c1-6-14-13(2,3)12(18)16-9-7-8-10(16)11(17)15(4)5/h10,14H,6-9H2,1-5H3. The van der Waals surface area contributed by atoms with Gasteiger partial charge in [-0.25, -0.2) is 0 Å². The van der Waals surface area contributed by atoms with Crippen molar-refractivity contribution in [1.82, 2.24) is 15.1 Å². The van der Waals surface area contributed by atoms with Crippen LogP contribution < -0.4 is 5.32 Å². The third-order valence-electron chi connectivity index (χ3n) is 3.39. The van der Waals surface area contributed by atoms with E-state index in [1.807, 2.05) is 20.8 Å². The van der Waals surface area contributed by atoms with Crippen molar-refractivity contribution in [3.63, 3.8) is 0 Å². The van der Waals surface area contributed by atoms with Gasteiger partial charge in [0.1, 0.15) is 6.04 Å². The fraction of sp³-hybridized carbons (Fsp3) is 0.846. The Morgan fingerprint density at radius 2 is 2.00 bits per heavy atom. The van der Waals surface area contributed by atoms with Gasteiger partial charge in [-0.2, -0.15) is 0 Å². The van der Waals surface area contributed by atoms with Gasteiger partial charge < -0.3 is 15.1 Å². The number of carbonyl (C=O) groups is 2. The molecule has 0 aromatic carbocycles. The number of hydrogen-bond acceptors (Lipinski definition) is 3. The average Bonchev–Trinajstić information content (AvgIpc) is 2.75. The van der Waals surface area contributed by atoms with Crippen LogP contribution in [-0.4, -0.2) is 60.4 Å². The number of rotatable bonds is 4. The fourth-order valence-corrected chi connectivity index (χ4v) is 2.44. The number of nitrogens with one attached hydrogen (secondary N) is 1. The summed E-state index contributed by atoms with van der Waals surface area (Å²) in [6, 6.07) is -0.287. The molecule has 5 heteroatoms. The lowest BCUT2D eigenvalue weighted by molar-refractivity contribution is -0.145. The molecular weight excluding hydrogens is 230 g/mol. The summed E-state index contributed by atoms with van der Waals surface area (Å²) in [5.41, 5.74) is -0.607. The van der Waals surface area contributed by atoms with Gasteiger partial charge in [-0.3, -0.25) is 9.59 Å². The fourth-order valence-electron chi connectivity index (χ4n) is 2.44. The van der Waals surface area contributed by atoms with Gasteiger partial charge in [-0.1, -0.05) is 6.92 Å². The van der Waals surface area contributed by atoms with E-state index in [0.717, 1.165) is 19.4 Å². The molecule has 5 nitrogen and oxygen atoms in total. The summed E-state index contributed by atoms with van der Waals surface area (Å²) in [6.07, 6.45) is 1.67. The molecule has 0 aromatic rings. The van der Waals surface area contributed by atoms with Crippen LogP contribution in [0.25, 0.3) is 0 Å². The number of amides is 2. The predicted molar refractivity (Wildman–Crippen MR) is 71.2 cm³/mol. The van der Waals surface area contributed by atoms with Crippen molar-refractivity contribution in [3.05, 3.63) is 0 Å². The van der Waals surface area contributed by atoms with Crippen LogP contribution >= 0.6 is 0 Å². The Kier molecular flexibility index (Phi) is 4.73. The maximum Gasteiger partial charge on any atom is 0.244 e. The molecule has 2 amide bonds. The van der Waals surface area contributed by atoms with Gasteiger partial charge in [0, 0.05) is 20.6 Å². The summed E-state index contributed by atoms with van der Waals surface area (Å²) in [4.78, 5) is 27.8. The molecule has 1 heterocycles. The topological polar surface area (TPSA) is 52.7 Å². The van der Waals surface area contributed by atoms with Gasteiger partial charge in [-0.15, -0.1) is 0 Å². The first-order valence-electron chi connectivity index (χ1n) is 6.58. The highest BCUT2D eigenvalue weighted by Gasteiger charge is 2.40. The Bertz CT molecular complexity index is 326. The minimum atomic E-state index is -0.607. The SMILES string of the molecule is CCNC(C)(C)C(=O)N1CCCC1C(=O)N(C)C. The van der Waals surface area contributed by atoms with Crippen LogP contribution in [0.5, 0.6) is 0 Å². The summed E-state index contributed by atoms with van der Waals surface area (Å²) in [5.74, 6) is 0.0372. The van der Waals surface area contributed by atoms with E-state index in [1.165, 1.54) is 0 Å². The molecule has 1 rings (SSSR count). The van der Waals surface area contributed by atoms with Gasteiger partial charge in [0.05, 0.1) is 5.54 Å². The molecule has 1 aliphatic heterocycles. The average molecular weight is 255 g/mol. The summed E-state index contributed by atoms with van der Waals surface area (Å²) >= 11 is 0. The summed E-state index contributed by atoms with van der Waals surface area (Å²) in [7, 11) is 3.47. The van der Waals surface area contributed by atoms with Crippen LogP contribution in [0.2, 0.25) is 0 Å². The van der Waals surface area contributed by atoms with E-state index in [0.29, 0.717) is 6.54 Å². The molecule has 1 N–H and O–H groups in total. The van der Waals surface area contributed by atoms with Crippen molar-refractivity contribution >= 4 is 11.8 Å². The first-order chi connectivity index (χ1) is 8.31. The molecule has 1 fully saturated rings. The Labute approximate surface area is 110 Å². The molecular formula is C13H25N3O2. The number of carbonyl (C=O) groups excluding carboxylic acids is 2. The molecule has 1 atom stereocenters. The van der Waals surface area contributed by atoms with Gasteiger partial charge >= 0.3 is 0 Å². The van der Waals surface area contributed by atoms with E-state index < -0.39 is 5.54 Å². The molecule has 0 aliphatic carbocycles. The maximum absolute atomic E-state index is 12.5. The summed E-state index contributed by atoms with van der Waals surface area (Å²) in [6.45, 7) is 7.13. The summed E-state index contributed by atoms with van der Waals surface area (Å²) in [5, 5.41) is 3.17. The highest BCUT2D eigenvalue weighted by atomic mass is 16.2. The maximum atomic E-state index is 12.5. The van der Waals surface area contributed by atoms with E-state index in [4.69, 9.17) is 0 Å². The van der Waals surface area contributed by atoms with Gasteiger partial charge in [0.15, 0.2) is 0 Å². The zero-order valence-electron chi connectivity index (χ0n) is 12.1. The normalized spacial score (nSPS) is 20.1. The van der Waals surface area contributed by atoms with E-state index in [-0.39, 0.29) is 17.9 Å². The molecule has 1 unspecified atom stereocenters. The lowest BCUT2D eigenvalue weighted by Gasteiger charge is -2.33. The minimum absolute atomic E-state index is 0.0158. The molecule has 18 heavy (non-hydrogen) atoms. The first-order valence-corrected chi connectivity index (χ1v) is 6.58. The smallest absolute Gasteiger partial charge is 0.244 e. The second-order valence-electron chi connectivity index (χ2n) is 5.54. The van der Waals surface area contributed by atoms with Crippen molar-refractivity contribution in [1.29, 1.82) is 0 Å². The third-order valence-corrected chi connectivity index (χ3v) is 3.39. The van der Waals surface area contributed by atoms with Crippen LogP contribution in [-0.2, 0) is 9.59 Å². The van der Waals surface area contributed by atoms with Crippen LogP contribution in [0.4, 0.5) is 0 Å². The number of nitrogens with zero attached hydrogens (tertiary/aromatic N) is 2. The van der Waals surface area contributed by atoms with Gasteiger partial charge in [0.25, 0.3) is 0 Å². The van der Waals surface area contributed by atoms with Crippen molar-refractivity contribution in [2.45, 2.75) is 45.2 Å². The third kappa shape index (κ3) is 3.02. The van der Waals surface area contributed by atoms with Crippen LogP contribution in [0.1, 0.15) is 33.6 Å². The second kappa shape index (κ2) is 5.69. The largest absolute Gasteiger partial charge is 0.347 e. The molecule has 0 spiro atoms. The highest BCUT2D eigenvalue weighted by molar-refractivity contribution is 5.92. The van der Waals surface area contributed by atoms with Crippen LogP contribution in [0.3, 0.4) is 0 Å². The molecule has 1 saturated heterocycles. The number of likely N-dealkylation sites (tertiary alicyclic amines) is 1. The van der Waals surface area contributed by atoms with E-state index in [2.05, 4.69) is 5.32 Å². The summed E-state index contributed by atoms with van der Waals surface area (Å²) < 4.78 is 0. The highest BCUT2D eigenvalue weighted by Crippen LogP contribution is 2.22. The monoisotopic (exact) mass is 255 g/mol. The molecule has 104 valence electrons. The lowest BCUT2D eigenvalue weighted by Crippen LogP contribution is -2.57. The van der Waals surface area contributed by atoms with E-state index in [9.17, 15) is 9.59 Å². The second-order valence-corrected chi connectivity index (χ2v) is 5.54. The van der Waals surface area contributed by atoms with Gasteiger partial charge in [-0.05, 0) is 33.2 Å². The van der Waals surface area contributed by atoms with Crippen LogP contribution in [0, 0.1) is 0 Å². The van der Waals surface area contributed by atoms with E-state index in [1.54, 1.807) is 23.9 Å². The minimum Gasteiger partial charge on any atom is -0.347 e. The van der Waals surface area contributed by atoms with Gasteiger partial charge in [0.2, 0.25) is 11.8 Å². The van der Waals surface area contributed by atoms with E-state index >= 15 is 0 Å². The molecule has 0 bridgehead atoms. The van der Waals surface area contributed by atoms with Crippen molar-refractivity contribution < 1.29 is 9.59 Å². The zero-order chi connectivity index (χ0) is 13.9. The molecule has 0 aromatic heterocycles. The zero-order valence-corrected chi connectivity index (χ0v) is 12.1. The number of likely N-dealkylation sites (N-methyl/N-ethyl adjacent to an activating group) is 2. The lowest BCUT2D eigenvalue weighted by atomic mass is 10.0. The Morgan fingerprint density at radius 3 is 2.50 bits per heavy atom. The van der Waals surface area contributed by atoms with Crippen molar-refractivity contribution in [3.8, 4) is 0 Å². The Hall–Kier alpha value is -1.10. The molecule has 1 aliphatic rings. The Balaban J connectivity index is 2.81. The molecule has 0 radical (unpaired) electrons. The van der Waals surface area contributed by atoms with Crippen molar-refractivity contribution in [2.75, 3.05) is 27.2 Å². The Morgan fingerprint density at radius 1 is 1.39 bits per heavy atom. The first kappa shape index (κ1) is 15.0. The predicted octanol–water partition coefficient (Wildman–Crippen LogP) is 0.454. The van der Waals surface area contributed by atoms with Crippen molar-refractivity contribution in [2.24, 2.45) is 0 Å². The van der Waals surface area contributed by atoms with Crippen LogP contribution in [0.15, 0.2) is 0 Å². The molecule has 0 saturated carbocycles. The number of hydrogen-bond donors (Lipinski definition) is 1. The quantitative estimate of drug-likeness (QED) is 0.794.